The normalized spacial score (nSPS) is 10.9. The fourth-order valence-corrected chi connectivity index (χ4v) is 1.91. The van der Waals surface area contributed by atoms with Crippen molar-refractivity contribution in [2.24, 2.45) is 5.92 Å². The molecule has 1 N–H and O–H groups in total. The van der Waals surface area contributed by atoms with E-state index in [4.69, 9.17) is 0 Å². The largest absolute Gasteiger partial charge is 0.316 e. The molecule has 0 aliphatic carbocycles. The minimum absolute atomic E-state index is 0.736. The van der Waals surface area contributed by atoms with Crippen LogP contribution < -0.4 is 5.32 Å². The number of thioether (sulfide) groups is 1. The molecule has 0 unspecified atom stereocenters. The minimum Gasteiger partial charge on any atom is -0.316 e. The molecule has 4 heteroatoms. The molecule has 0 saturated carbocycles. The average molecular weight is 225 g/mol. The average Bonchev–Trinajstić information content (AvgIpc) is 2.24. The summed E-state index contributed by atoms with van der Waals surface area (Å²) < 4.78 is 0. The molecule has 0 aliphatic heterocycles. The van der Waals surface area contributed by atoms with Gasteiger partial charge in [-0.2, -0.15) is 0 Å². The van der Waals surface area contributed by atoms with Gasteiger partial charge in [-0.1, -0.05) is 13.8 Å². The topological polar surface area (TPSA) is 37.8 Å². The molecule has 0 fully saturated rings. The van der Waals surface area contributed by atoms with E-state index in [1.54, 1.807) is 24.3 Å². The van der Waals surface area contributed by atoms with Gasteiger partial charge in [0.15, 0.2) is 0 Å². The molecule has 0 aromatic carbocycles. The van der Waals surface area contributed by atoms with E-state index >= 15 is 0 Å². The van der Waals surface area contributed by atoms with Gasteiger partial charge in [0.05, 0.1) is 5.03 Å². The number of nitrogens with one attached hydrogen (secondary N) is 1. The first-order valence-electron chi connectivity index (χ1n) is 5.38. The molecule has 0 aliphatic rings. The lowest BCUT2D eigenvalue weighted by Gasteiger charge is -2.06. The van der Waals surface area contributed by atoms with Crippen LogP contribution in [-0.4, -0.2) is 28.8 Å². The Morgan fingerprint density at radius 3 is 3.00 bits per heavy atom. The second-order valence-electron chi connectivity index (χ2n) is 3.85. The summed E-state index contributed by atoms with van der Waals surface area (Å²) in [5.74, 6) is 1.85. The molecule has 0 spiro atoms. The maximum absolute atomic E-state index is 4.16. The van der Waals surface area contributed by atoms with E-state index in [-0.39, 0.29) is 0 Å². The molecule has 1 aromatic heterocycles. The van der Waals surface area contributed by atoms with Crippen LogP contribution in [0.4, 0.5) is 0 Å². The van der Waals surface area contributed by atoms with E-state index in [1.165, 1.54) is 6.42 Å². The Labute approximate surface area is 96.1 Å². The summed E-state index contributed by atoms with van der Waals surface area (Å²) in [6, 6.07) is 1.95. The van der Waals surface area contributed by atoms with Crippen LogP contribution in [0.15, 0.2) is 23.6 Å². The van der Waals surface area contributed by atoms with E-state index < -0.39 is 0 Å². The molecule has 0 amide bonds. The van der Waals surface area contributed by atoms with Gasteiger partial charge in [-0.25, -0.2) is 9.97 Å². The van der Waals surface area contributed by atoms with E-state index in [1.807, 2.05) is 6.07 Å². The fraction of sp³-hybridized carbons (Fsp3) is 0.636. The highest BCUT2D eigenvalue weighted by molar-refractivity contribution is 7.99. The molecule has 1 rings (SSSR count). The van der Waals surface area contributed by atoms with Crippen molar-refractivity contribution in [2.75, 3.05) is 18.8 Å². The standard InChI is InChI=1S/C11H19N3S/c1-10(2)8-12-5-3-7-15-11-4-6-13-9-14-11/h4,6,9-10,12H,3,5,7-8H2,1-2H3. The van der Waals surface area contributed by atoms with Crippen LogP contribution in [0.25, 0.3) is 0 Å². The van der Waals surface area contributed by atoms with Crippen molar-refractivity contribution >= 4 is 11.8 Å². The summed E-state index contributed by atoms with van der Waals surface area (Å²) in [6.45, 7) is 6.65. The second-order valence-corrected chi connectivity index (χ2v) is 4.96. The quantitative estimate of drug-likeness (QED) is 0.438. The van der Waals surface area contributed by atoms with Gasteiger partial charge in [0.1, 0.15) is 6.33 Å². The van der Waals surface area contributed by atoms with Crippen molar-refractivity contribution in [1.82, 2.24) is 15.3 Å². The number of rotatable bonds is 7. The molecule has 1 aromatic rings. The van der Waals surface area contributed by atoms with Gasteiger partial charge < -0.3 is 5.32 Å². The van der Waals surface area contributed by atoms with Crippen molar-refractivity contribution in [3.8, 4) is 0 Å². The first-order valence-corrected chi connectivity index (χ1v) is 6.37. The van der Waals surface area contributed by atoms with Crippen molar-refractivity contribution in [2.45, 2.75) is 25.3 Å². The number of nitrogens with zero attached hydrogens (tertiary/aromatic N) is 2. The zero-order chi connectivity index (χ0) is 10.9. The molecule has 0 atom stereocenters. The summed E-state index contributed by atoms with van der Waals surface area (Å²) in [4.78, 5) is 8.04. The number of hydrogen-bond donors (Lipinski definition) is 1. The van der Waals surface area contributed by atoms with Crippen LogP contribution in [0, 0.1) is 5.92 Å². The van der Waals surface area contributed by atoms with E-state index in [0.717, 1.165) is 29.8 Å². The Bertz CT molecular complexity index is 251. The predicted octanol–water partition coefficient (Wildman–Crippen LogP) is 2.20. The Hall–Kier alpha value is -0.610. The molecule has 84 valence electrons. The van der Waals surface area contributed by atoms with Crippen molar-refractivity contribution in [3.63, 3.8) is 0 Å². The first kappa shape index (κ1) is 12.5. The first-order chi connectivity index (χ1) is 7.29. The maximum atomic E-state index is 4.16. The molecular weight excluding hydrogens is 206 g/mol. The predicted molar refractivity (Wildman–Crippen MR) is 65.1 cm³/mol. The van der Waals surface area contributed by atoms with Crippen molar-refractivity contribution < 1.29 is 0 Å². The molecule has 0 saturated heterocycles. The van der Waals surface area contributed by atoms with Crippen LogP contribution >= 0.6 is 11.8 Å². The van der Waals surface area contributed by atoms with E-state index in [2.05, 4.69) is 29.1 Å². The second kappa shape index (κ2) is 7.65. The Morgan fingerprint density at radius 1 is 1.47 bits per heavy atom. The summed E-state index contributed by atoms with van der Waals surface area (Å²) in [5, 5.41) is 4.49. The summed E-state index contributed by atoms with van der Waals surface area (Å²) in [5.41, 5.74) is 0. The molecule has 1 heterocycles. The Morgan fingerprint density at radius 2 is 2.33 bits per heavy atom. The monoisotopic (exact) mass is 225 g/mol. The zero-order valence-corrected chi connectivity index (χ0v) is 10.3. The molecule has 15 heavy (non-hydrogen) atoms. The van der Waals surface area contributed by atoms with Gasteiger partial charge in [-0.05, 0) is 31.5 Å². The smallest absolute Gasteiger partial charge is 0.116 e. The van der Waals surface area contributed by atoms with Gasteiger partial charge in [0, 0.05) is 11.9 Å². The highest BCUT2D eigenvalue weighted by Gasteiger charge is 1.95. The van der Waals surface area contributed by atoms with Gasteiger partial charge in [0.2, 0.25) is 0 Å². The third kappa shape index (κ3) is 6.47. The van der Waals surface area contributed by atoms with Crippen LogP contribution in [0.2, 0.25) is 0 Å². The molecule has 0 radical (unpaired) electrons. The highest BCUT2D eigenvalue weighted by atomic mass is 32.2. The van der Waals surface area contributed by atoms with Crippen molar-refractivity contribution in [3.05, 3.63) is 18.6 Å². The van der Waals surface area contributed by atoms with Gasteiger partial charge in [-0.15, -0.1) is 11.8 Å². The highest BCUT2D eigenvalue weighted by Crippen LogP contribution is 2.13. The lowest BCUT2D eigenvalue weighted by atomic mass is 10.2. The number of aromatic nitrogens is 2. The molecule has 3 nitrogen and oxygen atoms in total. The summed E-state index contributed by atoms with van der Waals surface area (Å²) >= 11 is 1.79. The van der Waals surface area contributed by atoms with Gasteiger partial charge in [-0.3, -0.25) is 0 Å². The third-order valence-corrected chi connectivity index (χ3v) is 2.89. The summed E-state index contributed by atoms with van der Waals surface area (Å²) in [7, 11) is 0. The van der Waals surface area contributed by atoms with E-state index in [9.17, 15) is 0 Å². The van der Waals surface area contributed by atoms with Gasteiger partial charge >= 0.3 is 0 Å². The van der Waals surface area contributed by atoms with Crippen LogP contribution in [0.1, 0.15) is 20.3 Å². The van der Waals surface area contributed by atoms with Crippen LogP contribution in [0.5, 0.6) is 0 Å². The summed E-state index contributed by atoms with van der Waals surface area (Å²) in [6.07, 6.45) is 4.56. The molecule has 0 bridgehead atoms. The SMILES string of the molecule is CC(C)CNCCCSc1ccncn1. The van der Waals surface area contributed by atoms with E-state index in [0.29, 0.717) is 0 Å². The van der Waals surface area contributed by atoms with Crippen LogP contribution in [0.3, 0.4) is 0 Å². The minimum atomic E-state index is 0.736. The zero-order valence-electron chi connectivity index (χ0n) is 9.44. The fourth-order valence-electron chi connectivity index (χ4n) is 1.13. The van der Waals surface area contributed by atoms with Crippen LogP contribution in [-0.2, 0) is 0 Å². The van der Waals surface area contributed by atoms with Crippen molar-refractivity contribution in [1.29, 1.82) is 0 Å². The maximum Gasteiger partial charge on any atom is 0.116 e. The lowest BCUT2D eigenvalue weighted by molar-refractivity contribution is 0.551. The number of hydrogen-bond acceptors (Lipinski definition) is 4. The Kier molecular flexibility index (Phi) is 6.36. The lowest BCUT2D eigenvalue weighted by Crippen LogP contribution is -2.21. The van der Waals surface area contributed by atoms with Gasteiger partial charge in [0.25, 0.3) is 0 Å². The molecular formula is C11H19N3S. The third-order valence-electron chi connectivity index (χ3n) is 1.86. The Balaban J connectivity index is 1.98.